The minimum absolute atomic E-state index is 0.0924. The summed E-state index contributed by atoms with van der Waals surface area (Å²) < 4.78 is 1.18. The van der Waals surface area contributed by atoms with E-state index in [0.29, 0.717) is 0 Å². The molecule has 0 aliphatic heterocycles. The smallest absolute Gasteiger partial charge is 0.258 e. The van der Waals surface area contributed by atoms with Crippen molar-refractivity contribution in [1.82, 2.24) is 4.98 Å². The Bertz CT molecular complexity index is 1210. The van der Waals surface area contributed by atoms with E-state index in [1.807, 2.05) is 42.5 Å². The molecule has 0 fully saturated rings. The zero-order valence-electron chi connectivity index (χ0n) is 14.9. The molecule has 0 amide bonds. The second-order valence-corrected chi connectivity index (χ2v) is 7.85. The largest absolute Gasteiger partial charge is 0.288 e. The highest BCUT2D eigenvalue weighted by Crippen LogP contribution is 2.31. The highest BCUT2D eigenvalue weighted by Gasteiger charge is 2.11. The van der Waals surface area contributed by atoms with Gasteiger partial charge in [-0.25, -0.2) is 4.98 Å². The lowest BCUT2D eigenvalue weighted by Crippen LogP contribution is -1.89. The molecule has 0 saturated carbocycles. The first-order chi connectivity index (χ1) is 13.5. The average Bonchev–Trinajstić information content (AvgIpc) is 3.10. The van der Waals surface area contributed by atoms with E-state index >= 15 is 0 Å². The highest BCUT2D eigenvalue weighted by atomic mass is 35.5. The van der Waals surface area contributed by atoms with Gasteiger partial charge in [-0.1, -0.05) is 60.2 Å². The summed E-state index contributed by atoms with van der Waals surface area (Å²) in [6.45, 7) is 2.08. The first-order valence-electron chi connectivity index (χ1n) is 8.59. The number of fused-ring (bicyclic) bond motifs is 1. The third kappa shape index (κ3) is 3.81. The third-order valence-electron chi connectivity index (χ3n) is 4.34. The number of hydrogen-bond donors (Lipinski definition) is 0. The fourth-order valence-corrected chi connectivity index (χ4v) is 4.11. The van der Waals surface area contributed by atoms with Gasteiger partial charge < -0.3 is 0 Å². The minimum atomic E-state index is -0.478. The number of nitro benzene ring substituents is 1. The van der Waals surface area contributed by atoms with Crippen LogP contribution in [-0.2, 0) is 0 Å². The van der Waals surface area contributed by atoms with Gasteiger partial charge in [-0.15, -0.1) is 11.3 Å². The van der Waals surface area contributed by atoms with Gasteiger partial charge in [-0.2, -0.15) is 0 Å². The summed E-state index contributed by atoms with van der Waals surface area (Å²) in [6.07, 6.45) is 3.75. The van der Waals surface area contributed by atoms with Crippen molar-refractivity contribution in [3.05, 3.63) is 92.5 Å². The monoisotopic (exact) mass is 406 g/mol. The van der Waals surface area contributed by atoms with Crippen molar-refractivity contribution in [1.29, 1.82) is 0 Å². The molecule has 3 aromatic carbocycles. The lowest BCUT2D eigenvalue weighted by atomic mass is 10.1. The molecule has 0 saturated heterocycles. The van der Waals surface area contributed by atoms with Crippen LogP contribution in [0.5, 0.6) is 0 Å². The topological polar surface area (TPSA) is 56.0 Å². The van der Waals surface area contributed by atoms with E-state index in [2.05, 4.69) is 19.1 Å². The number of nitro groups is 1. The number of hydrogen-bond acceptors (Lipinski definition) is 4. The van der Waals surface area contributed by atoms with Gasteiger partial charge in [0.15, 0.2) is 0 Å². The van der Waals surface area contributed by atoms with Gasteiger partial charge in [0.1, 0.15) is 10.0 Å². The number of aromatic nitrogens is 1. The molecule has 0 N–H and O–H groups in total. The van der Waals surface area contributed by atoms with Gasteiger partial charge in [0.05, 0.1) is 15.1 Å². The van der Waals surface area contributed by atoms with Crippen molar-refractivity contribution in [3.8, 4) is 10.6 Å². The molecule has 0 spiro atoms. The van der Waals surface area contributed by atoms with E-state index in [9.17, 15) is 10.1 Å². The van der Waals surface area contributed by atoms with E-state index in [0.717, 1.165) is 27.2 Å². The van der Waals surface area contributed by atoms with E-state index in [1.165, 1.54) is 22.4 Å². The van der Waals surface area contributed by atoms with Gasteiger partial charge in [0, 0.05) is 11.6 Å². The molecule has 0 aliphatic rings. The van der Waals surface area contributed by atoms with Crippen LogP contribution >= 0.6 is 22.9 Å². The maximum absolute atomic E-state index is 11.0. The molecular weight excluding hydrogens is 392 g/mol. The average molecular weight is 407 g/mol. The fourth-order valence-electron chi connectivity index (χ4n) is 2.86. The number of rotatable bonds is 4. The number of benzene rings is 3. The maximum atomic E-state index is 11.0. The molecular formula is C22H15ClN2O2S. The Hall–Kier alpha value is -3.02. The Morgan fingerprint density at radius 3 is 2.46 bits per heavy atom. The molecule has 0 atom stereocenters. The third-order valence-corrected chi connectivity index (χ3v) is 5.72. The number of aryl methyl sites for hydroxylation is 1. The second-order valence-electron chi connectivity index (χ2n) is 6.41. The van der Waals surface area contributed by atoms with Crippen LogP contribution in [-0.4, -0.2) is 9.91 Å². The van der Waals surface area contributed by atoms with Gasteiger partial charge in [-0.3, -0.25) is 10.1 Å². The first kappa shape index (κ1) is 18.3. The van der Waals surface area contributed by atoms with Crippen LogP contribution in [0.3, 0.4) is 0 Å². The lowest BCUT2D eigenvalue weighted by molar-refractivity contribution is -0.384. The minimum Gasteiger partial charge on any atom is -0.258 e. The molecule has 0 unspecified atom stereocenters. The molecule has 4 nitrogen and oxygen atoms in total. The number of nitrogens with zero attached hydrogens (tertiary/aromatic N) is 2. The summed E-state index contributed by atoms with van der Waals surface area (Å²) >= 11 is 7.53. The van der Waals surface area contributed by atoms with Crippen LogP contribution in [0.1, 0.15) is 16.7 Å². The number of halogens is 1. The predicted molar refractivity (Wildman–Crippen MR) is 117 cm³/mol. The fraction of sp³-hybridized carbons (Fsp3) is 0.0455. The van der Waals surface area contributed by atoms with Crippen LogP contribution in [0, 0.1) is 17.0 Å². The lowest BCUT2D eigenvalue weighted by Gasteiger charge is -1.99. The Morgan fingerprint density at radius 1 is 1.00 bits per heavy atom. The van der Waals surface area contributed by atoms with E-state index < -0.39 is 4.92 Å². The summed E-state index contributed by atoms with van der Waals surface area (Å²) in [5.74, 6) is 0. The SMILES string of the molecule is Cc1ccc2nc(-c3ccc(/C=C/c4ccc(Cl)c([N+](=O)[O-])c4)cc3)sc2c1. The van der Waals surface area contributed by atoms with Crippen molar-refractivity contribution in [2.45, 2.75) is 6.92 Å². The van der Waals surface area contributed by atoms with Gasteiger partial charge in [0.2, 0.25) is 0 Å². The summed E-state index contributed by atoms with van der Waals surface area (Å²) in [6, 6.07) is 19.1. The Morgan fingerprint density at radius 2 is 1.71 bits per heavy atom. The van der Waals surface area contributed by atoms with Crippen LogP contribution in [0.2, 0.25) is 5.02 Å². The first-order valence-corrected chi connectivity index (χ1v) is 9.79. The normalized spacial score (nSPS) is 11.4. The van der Waals surface area contributed by atoms with Crippen molar-refractivity contribution in [2.24, 2.45) is 0 Å². The molecule has 28 heavy (non-hydrogen) atoms. The van der Waals surface area contributed by atoms with E-state index in [1.54, 1.807) is 17.4 Å². The molecule has 6 heteroatoms. The summed E-state index contributed by atoms with van der Waals surface area (Å²) in [5.41, 5.74) is 4.94. The molecule has 138 valence electrons. The van der Waals surface area contributed by atoms with E-state index in [4.69, 9.17) is 16.6 Å². The maximum Gasteiger partial charge on any atom is 0.288 e. The van der Waals surface area contributed by atoms with Crippen LogP contribution in [0.15, 0.2) is 60.7 Å². The summed E-state index contributed by atoms with van der Waals surface area (Å²) in [4.78, 5) is 15.2. The molecule has 0 bridgehead atoms. The Balaban J connectivity index is 1.57. The van der Waals surface area contributed by atoms with Gasteiger partial charge >= 0.3 is 0 Å². The molecule has 4 aromatic rings. The Kier molecular flexibility index (Phi) is 4.94. The highest BCUT2D eigenvalue weighted by molar-refractivity contribution is 7.21. The molecule has 0 radical (unpaired) electrons. The molecule has 1 aromatic heterocycles. The summed E-state index contributed by atoms with van der Waals surface area (Å²) in [5, 5.41) is 12.1. The van der Waals surface area contributed by atoms with Crippen LogP contribution < -0.4 is 0 Å². The van der Waals surface area contributed by atoms with Crippen LogP contribution in [0.25, 0.3) is 32.9 Å². The van der Waals surface area contributed by atoms with Crippen molar-refractivity contribution in [3.63, 3.8) is 0 Å². The molecule has 1 heterocycles. The van der Waals surface area contributed by atoms with Crippen LogP contribution in [0.4, 0.5) is 5.69 Å². The Labute approximate surface area is 170 Å². The molecule has 4 rings (SSSR count). The second kappa shape index (κ2) is 7.54. The molecule has 0 aliphatic carbocycles. The van der Waals surface area contributed by atoms with E-state index in [-0.39, 0.29) is 10.7 Å². The zero-order chi connectivity index (χ0) is 19.7. The summed E-state index contributed by atoms with van der Waals surface area (Å²) in [7, 11) is 0. The van der Waals surface area contributed by atoms with Crippen molar-refractivity contribution in [2.75, 3.05) is 0 Å². The quantitative estimate of drug-likeness (QED) is 0.208. The van der Waals surface area contributed by atoms with Crippen molar-refractivity contribution >= 4 is 51.0 Å². The van der Waals surface area contributed by atoms with Gasteiger partial charge in [-0.05, 0) is 41.8 Å². The number of thiazole rings is 1. The van der Waals surface area contributed by atoms with Gasteiger partial charge in [0.25, 0.3) is 5.69 Å². The van der Waals surface area contributed by atoms with Crippen molar-refractivity contribution < 1.29 is 4.92 Å². The standard InChI is InChI=1S/C22H15ClN2O2S/c1-14-2-11-19-21(12-14)28-22(24-19)17-8-5-15(6-9-17)3-4-16-7-10-18(23)20(13-16)25(26)27/h2-13H,1H3/b4-3+. The zero-order valence-corrected chi connectivity index (χ0v) is 16.5. The predicted octanol–water partition coefficient (Wildman–Crippen LogP) is 7.00.